The molecule has 0 spiro atoms. The highest BCUT2D eigenvalue weighted by Crippen LogP contribution is 2.36. The lowest BCUT2D eigenvalue weighted by Crippen LogP contribution is -2.33. The molecule has 1 saturated heterocycles. The fraction of sp³-hybridized carbons (Fsp3) is 0.474. The zero-order chi connectivity index (χ0) is 38.5. The molecule has 3 heterocycles. The highest BCUT2D eigenvalue weighted by molar-refractivity contribution is 5.94. The summed E-state index contributed by atoms with van der Waals surface area (Å²) in [6, 6.07) is 6.77. The molecule has 1 aliphatic rings. The standard InChI is InChI=1S/C38H51N7O9/c1-3-18-49-26-53-31-21-33(54-30(31)13-17-46)45-22-28(35-36(40)43-25-44-37(35)45)11-9-16-41-32(47)23-52-34(50-19-4-2)24-51-29-12-8-10-27(20-29)38(48)42-15-7-5-6-14-39/h3-4,8,10,12,20,22,25,30-31,33-34,46H,1-2,5-7,13-19,21,23-24,26,39H2,(H,41,47)(H,42,48)(H2,40,43,44)/t30?,31?,33-,34?/m1/s1. The van der Waals surface area contributed by atoms with E-state index in [-0.39, 0.29) is 63.7 Å². The Kier molecular flexibility index (Phi) is 17.9. The number of fused-ring (bicyclic) bond motifs is 1. The average Bonchev–Trinajstić information content (AvgIpc) is 3.76. The van der Waals surface area contributed by atoms with E-state index in [0.717, 1.165) is 19.3 Å². The van der Waals surface area contributed by atoms with E-state index in [0.29, 0.717) is 60.4 Å². The van der Waals surface area contributed by atoms with Gasteiger partial charge in [0.1, 0.15) is 49.8 Å². The second-order valence-electron chi connectivity index (χ2n) is 12.2. The number of carbonyl (C=O) groups is 2. The predicted molar refractivity (Wildman–Crippen MR) is 201 cm³/mol. The van der Waals surface area contributed by atoms with Crippen molar-refractivity contribution in [1.29, 1.82) is 0 Å². The number of aliphatic hydroxyl groups is 1. The SMILES string of the molecule is C=CCOCOC1C[C@H](n2cc(C#CCNC(=O)COC(COc3cccc(C(=O)NCCCCCN)c3)OCC=C)c3c(N)ncnc32)OC1CCO. The number of rotatable bonds is 24. The van der Waals surface area contributed by atoms with Crippen LogP contribution in [0.3, 0.4) is 0 Å². The van der Waals surface area contributed by atoms with Gasteiger partial charge < -0.3 is 60.2 Å². The first-order chi connectivity index (χ1) is 26.4. The van der Waals surface area contributed by atoms with E-state index < -0.39 is 18.4 Å². The third-order valence-electron chi connectivity index (χ3n) is 8.19. The number of ether oxygens (including phenoxy) is 6. The summed E-state index contributed by atoms with van der Waals surface area (Å²) >= 11 is 0. The monoisotopic (exact) mass is 749 g/mol. The van der Waals surface area contributed by atoms with Crippen molar-refractivity contribution in [3.05, 3.63) is 73.2 Å². The number of anilines is 1. The molecule has 1 fully saturated rings. The van der Waals surface area contributed by atoms with Gasteiger partial charge in [0.25, 0.3) is 5.91 Å². The van der Waals surface area contributed by atoms with Crippen molar-refractivity contribution in [3.63, 3.8) is 0 Å². The Balaban J connectivity index is 1.30. The van der Waals surface area contributed by atoms with Gasteiger partial charge in [-0.05, 0) is 44.0 Å². The lowest BCUT2D eigenvalue weighted by molar-refractivity contribution is -0.162. The Hall–Kier alpha value is -4.86. The fourth-order valence-corrected chi connectivity index (χ4v) is 5.58. The van der Waals surface area contributed by atoms with E-state index in [2.05, 4.69) is 45.6 Å². The lowest BCUT2D eigenvalue weighted by atomic mass is 10.1. The van der Waals surface area contributed by atoms with Gasteiger partial charge in [-0.3, -0.25) is 9.59 Å². The van der Waals surface area contributed by atoms with Crippen LogP contribution in [0.15, 0.2) is 62.1 Å². The molecule has 4 rings (SSSR count). The number of benzene rings is 1. The molecule has 3 aromatic rings. The number of nitrogens with one attached hydrogen (secondary N) is 2. The van der Waals surface area contributed by atoms with Gasteiger partial charge in [-0.15, -0.1) is 13.2 Å². The van der Waals surface area contributed by atoms with Crippen LogP contribution in [0.2, 0.25) is 0 Å². The van der Waals surface area contributed by atoms with Crippen molar-refractivity contribution >= 4 is 28.7 Å². The Labute approximate surface area is 315 Å². The minimum Gasteiger partial charge on any atom is -0.488 e. The summed E-state index contributed by atoms with van der Waals surface area (Å²) in [6.07, 6.45) is 7.85. The van der Waals surface area contributed by atoms with Crippen molar-refractivity contribution in [1.82, 2.24) is 25.2 Å². The molecule has 7 N–H and O–H groups in total. The van der Waals surface area contributed by atoms with Gasteiger partial charge in [0.15, 0.2) is 6.29 Å². The molecule has 1 aromatic carbocycles. The third kappa shape index (κ3) is 12.9. The lowest BCUT2D eigenvalue weighted by Gasteiger charge is -2.18. The molecule has 4 atom stereocenters. The van der Waals surface area contributed by atoms with E-state index in [9.17, 15) is 14.7 Å². The number of hydrogen-bond donors (Lipinski definition) is 5. The number of carbonyl (C=O) groups excluding carboxylic acids is 2. The predicted octanol–water partition coefficient (Wildman–Crippen LogP) is 2.18. The number of aliphatic hydroxyl groups excluding tert-OH is 1. The summed E-state index contributed by atoms with van der Waals surface area (Å²) < 4.78 is 36.5. The molecule has 2 aromatic heterocycles. The van der Waals surface area contributed by atoms with Crippen LogP contribution in [0.4, 0.5) is 5.82 Å². The second kappa shape index (κ2) is 23.0. The molecule has 0 saturated carbocycles. The number of nitrogen functional groups attached to an aromatic ring is 1. The van der Waals surface area contributed by atoms with Gasteiger partial charge in [-0.25, -0.2) is 9.97 Å². The molecule has 54 heavy (non-hydrogen) atoms. The fourth-order valence-electron chi connectivity index (χ4n) is 5.58. The van der Waals surface area contributed by atoms with E-state index in [4.69, 9.17) is 39.9 Å². The number of nitrogens with zero attached hydrogens (tertiary/aromatic N) is 3. The summed E-state index contributed by atoms with van der Waals surface area (Å²) in [6.45, 7) is 8.64. The summed E-state index contributed by atoms with van der Waals surface area (Å²) in [5.74, 6) is 6.06. The van der Waals surface area contributed by atoms with Gasteiger partial charge in [-0.2, -0.15) is 0 Å². The number of amides is 2. The van der Waals surface area contributed by atoms with Crippen molar-refractivity contribution in [2.24, 2.45) is 5.73 Å². The van der Waals surface area contributed by atoms with Crippen LogP contribution in [-0.2, 0) is 28.5 Å². The molecule has 292 valence electrons. The van der Waals surface area contributed by atoms with E-state index >= 15 is 0 Å². The molecule has 16 nitrogen and oxygen atoms in total. The van der Waals surface area contributed by atoms with Crippen molar-refractivity contribution in [3.8, 4) is 17.6 Å². The van der Waals surface area contributed by atoms with Crippen LogP contribution in [0.1, 0.15) is 54.3 Å². The molecule has 1 aliphatic heterocycles. The normalized spacial score (nSPS) is 17.0. The van der Waals surface area contributed by atoms with E-state index in [1.807, 2.05) is 4.57 Å². The van der Waals surface area contributed by atoms with Crippen LogP contribution in [0, 0.1) is 11.8 Å². The van der Waals surface area contributed by atoms with Crippen LogP contribution in [0.5, 0.6) is 5.75 Å². The number of nitrogens with two attached hydrogens (primary N) is 2. The number of hydrogen-bond acceptors (Lipinski definition) is 13. The van der Waals surface area contributed by atoms with Crippen molar-refractivity contribution < 1.29 is 43.1 Å². The van der Waals surface area contributed by atoms with Gasteiger partial charge in [-0.1, -0.05) is 36.5 Å². The van der Waals surface area contributed by atoms with Crippen LogP contribution in [0.25, 0.3) is 11.0 Å². The Morgan fingerprint density at radius 3 is 2.80 bits per heavy atom. The molecule has 16 heteroatoms. The first-order valence-electron chi connectivity index (χ1n) is 17.9. The summed E-state index contributed by atoms with van der Waals surface area (Å²) in [4.78, 5) is 33.8. The molecule has 0 aliphatic carbocycles. The smallest absolute Gasteiger partial charge is 0.251 e. The first kappa shape index (κ1) is 41.9. The van der Waals surface area contributed by atoms with Gasteiger partial charge >= 0.3 is 0 Å². The first-order valence-corrected chi connectivity index (χ1v) is 17.9. The molecule has 0 radical (unpaired) electrons. The zero-order valence-corrected chi connectivity index (χ0v) is 30.5. The Morgan fingerprint density at radius 1 is 1.15 bits per heavy atom. The van der Waals surface area contributed by atoms with Crippen molar-refractivity contribution in [2.75, 3.05) is 65.2 Å². The number of aromatic nitrogens is 3. The molecular formula is C38H51N7O9. The minimum atomic E-state index is -0.895. The molecular weight excluding hydrogens is 698 g/mol. The van der Waals surface area contributed by atoms with Crippen molar-refractivity contribution in [2.45, 2.75) is 56.8 Å². The van der Waals surface area contributed by atoms with Gasteiger partial charge in [0, 0.05) is 31.3 Å². The number of unbranched alkanes of at least 4 members (excludes halogenated alkanes) is 2. The minimum absolute atomic E-state index is 0.0120. The zero-order valence-electron chi connectivity index (χ0n) is 30.5. The second-order valence-corrected chi connectivity index (χ2v) is 12.2. The van der Waals surface area contributed by atoms with E-state index in [1.54, 1.807) is 42.6 Å². The maximum Gasteiger partial charge on any atom is 0.251 e. The maximum atomic E-state index is 12.7. The topological polar surface area (TPSA) is 217 Å². The summed E-state index contributed by atoms with van der Waals surface area (Å²) in [7, 11) is 0. The van der Waals surface area contributed by atoms with Gasteiger partial charge in [0.2, 0.25) is 5.91 Å². The molecule has 2 amide bonds. The quantitative estimate of drug-likeness (QED) is 0.0385. The third-order valence-corrected chi connectivity index (χ3v) is 8.19. The highest BCUT2D eigenvalue weighted by atomic mass is 16.7. The molecule has 3 unspecified atom stereocenters. The maximum absolute atomic E-state index is 12.7. The highest BCUT2D eigenvalue weighted by Gasteiger charge is 2.37. The summed E-state index contributed by atoms with van der Waals surface area (Å²) in [5.41, 5.74) is 13.3. The van der Waals surface area contributed by atoms with Crippen LogP contribution >= 0.6 is 0 Å². The Morgan fingerprint density at radius 2 is 2.00 bits per heavy atom. The Bertz CT molecular complexity index is 1720. The van der Waals surface area contributed by atoms with Gasteiger partial charge in [0.05, 0.1) is 42.9 Å². The summed E-state index contributed by atoms with van der Waals surface area (Å²) in [5, 5.41) is 15.7. The van der Waals surface area contributed by atoms with E-state index in [1.165, 1.54) is 6.33 Å². The average molecular weight is 750 g/mol. The molecule has 0 bridgehead atoms. The van der Waals surface area contributed by atoms with Crippen LogP contribution < -0.4 is 26.8 Å². The largest absolute Gasteiger partial charge is 0.488 e. The van der Waals surface area contributed by atoms with Crippen LogP contribution in [-0.4, -0.2) is 109 Å².